The third-order valence-corrected chi connectivity index (χ3v) is 4.43. The number of nitrogens with one attached hydrogen (secondary N) is 1. The summed E-state index contributed by atoms with van der Waals surface area (Å²) in [7, 11) is -0.585. The van der Waals surface area contributed by atoms with Crippen LogP contribution in [-0.4, -0.2) is 46.3 Å². The minimum Gasteiger partial charge on any atom is -0.468 e. The third-order valence-electron chi connectivity index (χ3n) is 3.15. The molecule has 5 heteroatoms. The molecule has 0 saturated carbocycles. The van der Waals surface area contributed by atoms with E-state index < -0.39 is 10.8 Å². The van der Waals surface area contributed by atoms with Crippen LogP contribution >= 0.6 is 0 Å². The first-order valence-electron chi connectivity index (χ1n) is 6.08. The van der Waals surface area contributed by atoms with Gasteiger partial charge in [-0.2, -0.15) is 0 Å². The van der Waals surface area contributed by atoms with E-state index in [1.165, 1.54) is 0 Å². The van der Waals surface area contributed by atoms with Crippen molar-refractivity contribution in [1.82, 2.24) is 10.2 Å². The van der Waals surface area contributed by atoms with Gasteiger partial charge in [-0.3, -0.25) is 9.11 Å². The third kappa shape index (κ3) is 3.94. The highest BCUT2D eigenvalue weighted by Crippen LogP contribution is 2.05. The van der Waals surface area contributed by atoms with Gasteiger partial charge in [0, 0.05) is 48.0 Å². The molecule has 0 aromatic carbocycles. The molecule has 0 bridgehead atoms. The summed E-state index contributed by atoms with van der Waals surface area (Å²) in [4.78, 5) is 2.40. The Kier molecular flexibility index (Phi) is 4.76. The molecule has 1 aromatic heterocycles. The fourth-order valence-electron chi connectivity index (χ4n) is 2.04. The van der Waals surface area contributed by atoms with Gasteiger partial charge < -0.3 is 9.73 Å². The predicted molar refractivity (Wildman–Crippen MR) is 69.3 cm³/mol. The maximum absolute atomic E-state index is 11.3. The van der Waals surface area contributed by atoms with Crippen LogP contribution in [0, 0.1) is 0 Å². The molecule has 4 nitrogen and oxygen atoms in total. The zero-order valence-electron chi connectivity index (χ0n) is 10.2. The number of rotatable bonds is 5. The summed E-state index contributed by atoms with van der Waals surface area (Å²) in [5, 5.41) is 3.38. The molecule has 1 aromatic rings. The quantitative estimate of drug-likeness (QED) is 0.847. The topological polar surface area (TPSA) is 45.5 Å². The predicted octanol–water partition coefficient (Wildman–Crippen LogP) is 0.822. The second-order valence-electron chi connectivity index (χ2n) is 4.44. The lowest BCUT2D eigenvalue weighted by Crippen LogP contribution is -2.46. The molecule has 2 heterocycles. The second-order valence-corrected chi connectivity index (χ2v) is 6.14. The average Bonchev–Trinajstić information content (AvgIpc) is 2.83. The molecule has 0 aliphatic carbocycles. The number of furan rings is 1. The summed E-state index contributed by atoms with van der Waals surface area (Å²) in [6, 6.07) is 4.37. The monoisotopic (exact) mass is 256 g/mol. The Bertz CT molecular complexity index is 343. The van der Waals surface area contributed by atoms with Gasteiger partial charge in [-0.15, -0.1) is 0 Å². The Labute approximate surface area is 105 Å². The van der Waals surface area contributed by atoms with Crippen LogP contribution in [-0.2, 0) is 17.3 Å². The van der Waals surface area contributed by atoms with Gasteiger partial charge in [-0.05, 0) is 19.1 Å². The van der Waals surface area contributed by atoms with Crippen molar-refractivity contribution in [2.24, 2.45) is 0 Å². The van der Waals surface area contributed by atoms with Gasteiger partial charge in [0.05, 0.1) is 12.8 Å². The fraction of sp³-hybridized carbons (Fsp3) is 0.667. The smallest absolute Gasteiger partial charge is 0.117 e. The van der Waals surface area contributed by atoms with Crippen LogP contribution in [0.4, 0.5) is 0 Å². The minimum absolute atomic E-state index is 0.488. The molecule has 1 unspecified atom stereocenters. The van der Waals surface area contributed by atoms with Crippen molar-refractivity contribution < 1.29 is 8.63 Å². The van der Waals surface area contributed by atoms with E-state index in [2.05, 4.69) is 17.1 Å². The van der Waals surface area contributed by atoms with Gasteiger partial charge >= 0.3 is 0 Å². The molecule has 1 N–H and O–H groups in total. The standard InChI is InChI=1S/C12H20N2O2S/c1-11(14-4-7-17(15)8-5-14)9-13-10-12-3-2-6-16-12/h2-3,6,11,13H,4-5,7-10H2,1H3. The maximum Gasteiger partial charge on any atom is 0.117 e. The highest BCUT2D eigenvalue weighted by molar-refractivity contribution is 7.85. The Morgan fingerprint density at radius 1 is 1.53 bits per heavy atom. The summed E-state index contributed by atoms with van der Waals surface area (Å²) in [6.45, 7) is 5.83. The summed E-state index contributed by atoms with van der Waals surface area (Å²) in [5.74, 6) is 2.61. The van der Waals surface area contributed by atoms with Crippen molar-refractivity contribution >= 4 is 10.8 Å². The number of nitrogens with zero attached hydrogens (tertiary/aromatic N) is 1. The molecular weight excluding hydrogens is 236 g/mol. The van der Waals surface area contributed by atoms with E-state index in [4.69, 9.17) is 4.42 Å². The molecule has 0 spiro atoms. The lowest BCUT2D eigenvalue weighted by molar-refractivity contribution is 0.222. The largest absolute Gasteiger partial charge is 0.468 e. The molecule has 1 fully saturated rings. The van der Waals surface area contributed by atoms with E-state index in [9.17, 15) is 4.21 Å². The summed E-state index contributed by atoms with van der Waals surface area (Å²) >= 11 is 0. The zero-order valence-corrected chi connectivity index (χ0v) is 11.0. The summed E-state index contributed by atoms with van der Waals surface area (Å²) in [6.07, 6.45) is 1.69. The van der Waals surface area contributed by atoms with E-state index in [0.29, 0.717) is 6.04 Å². The first-order chi connectivity index (χ1) is 8.25. The lowest BCUT2D eigenvalue weighted by Gasteiger charge is -2.32. The molecule has 0 amide bonds. The normalized spacial score (nSPS) is 20.5. The highest BCUT2D eigenvalue weighted by Gasteiger charge is 2.19. The molecule has 1 saturated heterocycles. The van der Waals surface area contributed by atoms with Gasteiger partial charge in [0.25, 0.3) is 0 Å². The molecular formula is C12H20N2O2S. The van der Waals surface area contributed by atoms with Gasteiger partial charge in [0.15, 0.2) is 0 Å². The summed E-state index contributed by atoms with van der Waals surface area (Å²) < 4.78 is 16.5. The zero-order chi connectivity index (χ0) is 12.1. The van der Waals surface area contributed by atoms with Crippen LogP contribution in [0.2, 0.25) is 0 Å². The molecule has 96 valence electrons. The Morgan fingerprint density at radius 3 is 2.94 bits per heavy atom. The molecule has 1 aliphatic heterocycles. The van der Waals surface area contributed by atoms with Crippen LogP contribution < -0.4 is 5.32 Å². The van der Waals surface area contributed by atoms with Gasteiger partial charge in [0.2, 0.25) is 0 Å². The van der Waals surface area contributed by atoms with Crippen LogP contribution in [0.1, 0.15) is 12.7 Å². The molecule has 17 heavy (non-hydrogen) atoms. The second kappa shape index (κ2) is 6.33. The average molecular weight is 256 g/mol. The van der Waals surface area contributed by atoms with Crippen molar-refractivity contribution in [3.63, 3.8) is 0 Å². The molecule has 0 radical (unpaired) electrons. The first kappa shape index (κ1) is 12.8. The van der Waals surface area contributed by atoms with Crippen molar-refractivity contribution in [3.05, 3.63) is 24.2 Å². The minimum atomic E-state index is -0.585. The SMILES string of the molecule is CC(CNCc1ccco1)N1CCS(=O)CC1. The maximum atomic E-state index is 11.3. The molecule has 1 aliphatic rings. The van der Waals surface area contributed by atoms with Crippen molar-refractivity contribution in [3.8, 4) is 0 Å². The van der Waals surface area contributed by atoms with E-state index >= 15 is 0 Å². The van der Waals surface area contributed by atoms with E-state index in [1.807, 2.05) is 12.1 Å². The Balaban J connectivity index is 1.66. The Morgan fingerprint density at radius 2 is 2.29 bits per heavy atom. The van der Waals surface area contributed by atoms with Crippen LogP contribution in [0.15, 0.2) is 22.8 Å². The van der Waals surface area contributed by atoms with Crippen LogP contribution in [0.3, 0.4) is 0 Å². The first-order valence-corrected chi connectivity index (χ1v) is 7.56. The highest BCUT2D eigenvalue weighted by atomic mass is 32.2. The Hall–Kier alpha value is -0.650. The van der Waals surface area contributed by atoms with Crippen LogP contribution in [0.25, 0.3) is 0 Å². The van der Waals surface area contributed by atoms with Crippen LogP contribution in [0.5, 0.6) is 0 Å². The van der Waals surface area contributed by atoms with Gasteiger partial charge in [0.1, 0.15) is 5.76 Å². The lowest BCUT2D eigenvalue weighted by atomic mass is 10.2. The van der Waals surface area contributed by atoms with Crippen molar-refractivity contribution in [1.29, 1.82) is 0 Å². The summed E-state index contributed by atoms with van der Waals surface area (Å²) in [5.41, 5.74) is 0. The van der Waals surface area contributed by atoms with Gasteiger partial charge in [-0.1, -0.05) is 0 Å². The van der Waals surface area contributed by atoms with E-state index in [1.54, 1.807) is 6.26 Å². The van der Waals surface area contributed by atoms with Gasteiger partial charge in [-0.25, -0.2) is 0 Å². The van der Waals surface area contributed by atoms with Crippen molar-refractivity contribution in [2.45, 2.75) is 19.5 Å². The van der Waals surface area contributed by atoms with E-state index in [0.717, 1.165) is 43.4 Å². The number of hydrogen-bond donors (Lipinski definition) is 1. The van der Waals surface area contributed by atoms with Crippen molar-refractivity contribution in [2.75, 3.05) is 31.1 Å². The molecule has 1 atom stereocenters. The molecule has 2 rings (SSSR count). The van der Waals surface area contributed by atoms with E-state index in [-0.39, 0.29) is 0 Å². The number of hydrogen-bond acceptors (Lipinski definition) is 4. The fourth-order valence-corrected chi connectivity index (χ4v) is 3.12.